The highest BCUT2D eigenvalue weighted by Crippen LogP contribution is 2.24. The van der Waals surface area contributed by atoms with Gasteiger partial charge < -0.3 is 9.64 Å². The summed E-state index contributed by atoms with van der Waals surface area (Å²) in [6, 6.07) is 15.0. The second-order valence-electron chi connectivity index (χ2n) is 6.63. The Labute approximate surface area is 166 Å². The van der Waals surface area contributed by atoms with Gasteiger partial charge in [-0.1, -0.05) is 30.0 Å². The second-order valence-corrected chi connectivity index (χ2v) is 7.69. The summed E-state index contributed by atoms with van der Waals surface area (Å²) in [5.41, 5.74) is 1.37. The summed E-state index contributed by atoms with van der Waals surface area (Å²) in [5, 5.41) is 10.1. The Morgan fingerprint density at radius 3 is 2.71 bits per heavy atom. The monoisotopic (exact) mass is 395 g/mol. The number of ether oxygens (including phenoxy) is 1. The number of para-hydroxylation sites is 1. The number of nitrogens with zero attached hydrogens (tertiary/aromatic N) is 5. The van der Waals surface area contributed by atoms with E-state index in [2.05, 4.69) is 15.1 Å². The summed E-state index contributed by atoms with van der Waals surface area (Å²) in [6.45, 7) is 0.924. The van der Waals surface area contributed by atoms with Gasteiger partial charge in [0.15, 0.2) is 5.16 Å². The van der Waals surface area contributed by atoms with Gasteiger partial charge in [-0.3, -0.25) is 9.20 Å². The van der Waals surface area contributed by atoms with Crippen molar-refractivity contribution in [2.45, 2.75) is 5.16 Å². The summed E-state index contributed by atoms with van der Waals surface area (Å²) >= 11 is 1.62. The van der Waals surface area contributed by atoms with Crippen LogP contribution in [0.4, 0.5) is 0 Å². The molecular formula is C20H21N5O2S. The van der Waals surface area contributed by atoms with E-state index >= 15 is 0 Å². The molecule has 0 saturated heterocycles. The Balaban J connectivity index is 1.98. The molecule has 0 aliphatic carbocycles. The first-order valence-electron chi connectivity index (χ1n) is 8.91. The fourth-order valence-corrected chi connectivity index (χ4v) is 4.12. The van der Waals surface area contributed by atoms with E-state index in [0.717, 1.165) is 23.0 Å². The standard InChI is InChI=1S/C20H21N5O2S/c1-23(2)11-12-28-20-22-21-19-24(14-7-6-8-15(13-14)27-3)18(26)16-9-4-5-10-17(16)25(19)20/h4-10,13H,11-12H2,1-3H3. The maximum atomic E-state index is 13.3. The molecule has 2 aromatic carbocycles. The van der Waals surface area contributed by atoms with E-state index in [4.69, 9.17) is 4.74 Å². The topological polar surface area (TPSA) is 64.7 Å². The molecular weight excluding hydrogens is 374 g/mol. The number of hydrogen-bond acceptors (Lipinski definition) is 6. The Morgan fingerprint density at radius 2 is 1.93 bits per heavy atom. The minimum atomic E-state index is -0.131. The van der Waals surface area contributed by atoms with Crippen molar-refractivity contribution in [1.29, 1.82) is 0 Å². The SMILES string of the molecule is COc1cccc(-n2c(=O)c3ccccc3n3c(SCCN(C)C)nnc23)c1. The van der Waals surface area contributed by atoms with Gasteiger partial charge in [-0.15, -0.1) is 10.2 Å². The van der Waals surface area contributed by atoms with Gasteiger partial charge >= 0.3 is 0 Å². The summed E-state index contributed by atoms with van der Waals surface area (Å²) in [7, 11) is 5.69. The first kappa shape index (κ1) is 18.5. The third kappa shape index (κ3) is 3.25. The maximum absolute atomic E-state index is 13.3. The van der Waals surface area contributed by atoms with Crippen molar-refractivity contribution in [2.75, 3.05) is 33.5 Å². The van der Waals surface area contributed by atoms with Crippen LogP contribution >= 0.6 is 11.8 Å². The molecule has 8 heteroatoms. The van der Waals surface area contributed by atoms with Crippen molar-refractivity contribution in [1.82, 2.24) is 24.1 Å². The molecule has 0 unspecified atom stereocenters. The third-order valence-corrected chi connectivity index (χ3v) is 5.39. The number of benzene rings is 2. The smallest absolute Gasteiger partial charge is 0.267 e. The summed E-state index contributed by atoms with van der Waals surface area (Å²) < 4.78 is 8.88. The van der Waals surface area contributed by atoms with Gasteiger partial charge in [0, 0.05) is 18.4 Å². The molecule has 28 heavy (non-hydrogen) atoms. The Morgan fingerprint density at radius 1 is 1.11 bits per heavy atom. The fourth-order valence-electron chi connectivity index (χ4n) is 3.07. The number of fused-ring (bicyclic) bond motifs is 3. The van der Waals surface area contributed by atoms with E-state index in [-0.39, 0.29) is 5.56 Å². The van der Waals surface area contributed by atoms with Crippen LogP contribution in [0.25, 0.3) is 22.4 Å². The lowest BCUT2D eigenvalue weighted by molar-refractivity contribution is 0.414. The van der Waals surface area contributed by atoms with E-state index in [1.807, 2.05) is 67.0 Å². The van der Waals surface area contributed by atoms with E-state index in [1.165, 1.54) is 0 Å². The first-order chi connectivity index (χ1) is 13.6. The number of rotatable bonds is 6. The molecule has 0 N–H and O–H groups in total. The minimum Gasteiger partial charge on any atom is -0.497 e. The van der Waals surface area contributed by atoms with Crippen molar-refractivity contribution in [3.63, 3.8) is 0 Å². The molecule has 0 aliphatic heterocycles. The molecule has 2 aromatic heterocycles. The number of methoxy groups -OCH3 is 1. The predicted molar refractivity (Wildman–Crippen MR) is 112 cm³/mol. The number of aromatic nitrogens is 4. The molecule has 2 heterocycles. The minimum absolute atomic E-state index is 0.131. The van der Waals surface area contributed by atoms with E-state index < -0.39 is 0 Å². The molecule has 0 fully saturated rings. The van der Waals surface area contributed by atoms with Crippen molar-refractivity contribution in [3.8, 4) is 11.4 Å². The average molecular weight is 395 g/mol. The van der Waals surface area contributed by atoms with Crippen molar-refractivity contribution in [2.24, 2.45) is 0 Å². The zero-order valence-corrected chi connectivity index (χ0v) is 16.8. The first-order valence-corrected chi connectivity index (χ1v) is 9.89. The fraction of sp³-hybridized carbons (Fsp3) is 0.250. The van der Waals surface area contributed by atoms with Crippen LogP contribution in [0.15, 0.2) is 58.5 Å². The van der Waals surface area contributed by atoms with Crippen LogP contribution in [0.1, 0.15) is 0 Å². The van der Waals surface area contributed by atoms with Gasteiger partial charge in [0.05, 0.1) is 23.7 Å². The highest BCUT2D eigenvalue weighted by molar-refractivity contribution is 7.99. The van der Waals surface area contributed by atoms with Crippen molar-refractivity contribution < 1.29 is 4.74 Å². The molecule has 0 atom stereocenters. The zero-order chi connectivity index (χ0) is 19.7. The van der Waals surface area contributed by atoms with Gasteiger partial charge in [-0.05, 0) is 38.4 Å². The average Bonchev–Trinajstić information content (AvgIpc) is 3.12. The zero-order valence-electron chi connectivity index (χ0n) is 16.0. The van der Waals surface area contributed by atoms with Crippen LogP contribution in [0.3, 0.4) is 0 Å². The molecule has 7 nitrogen and oxygen atoms in total. The van der Waals surface area contributed by atoms with Crippen LogP contribution in [-0.4, -0.2) is 57.6 Å². The summed E-state index contributed by atoms with van der Waals surface area (Å²) in [5.74, 6) is 2.04. The maximum Gasteiger partial charge on any atom is 0.267 e. The molecule has 0 bridgehead atoms. The second kappa shape index (κ2) is 7.65. The van der Waals surface area contributed by atoms with Gasteiger partial charge in [-0.2, -0.15) is 0 Å². The Kier molecular flexibility index (Phi) is 5.06. The molecule has 0 spiro atoms. The van der Waals surface area contributed by atoms with Crippen molar-refractivity contribution >= 4 is 28.4 Å². The van der Waals surface area contributed by atoms with Crippen LogP contribution in [0.5, 0.6) is 5.75 Å². The van der Waals surface area contributed by atoms with Gasteiger partial charge in [0.25, 0.3) is 5.56 Å². The van der Waals surface area contributed by atoms with Gasteiger partial charge in [0.2, 0.25) is 5.78 Å². The molecule has 0 saturated carbocycles. The Bertz CT molecular complexity index is 1200. The summed E-state index contributed by atoms with van der Waals surface area (Å²) in [4.78, 5) is 15.4. The van der Waals surface area contributed by atoms with Gasteiger partial charge in [-0.25, -0.2) is 4.57 Å². The van der Waals surface area contributed by atoms with Crippen LogP contribution in [0.2, 0.25) is 0 Å². The van der Waals surface area contributed by atoms with Crippen LogP contribution in [-0.2, 0) is 0 Å². The quantitative estimate of drug-likeness (QED) is 0.468. The highest BCUT2D eigenvalue weighted by atomic mass is 32.2. The molecule has 4 rings (SSSR count). The normalized spacial score (nSPS) is 11.6. The number of thioether (sulfide) groups is 1. The van der Waals surface area contributed by atoms with E-state index in [0.29, 0.717) is 22.6 Å². The Hall–Kier alpha value is -2.84. The van der Waals surface area contributed by atoms with Crippen molar-refractivity contribution in [3.05, 3.63) is 58.9 Å². The predicted octanol–water partition coefficient (Wildman–Crippen LogP) is 2.70. The molecule has 0 aliphatic rings. The number of hydrogen-bond donors (Lipinski definition) is 0. The van der Waals surface area contributed by atoms with E-state index in [1.54, 1.807) is 23.4 Å². The summed E-state index contributed by atoms with van der Waals surface area (Å²) in [6.07, 6.45) is 0. The highest BCUT2D eigenvalue weighted by Gasteiger charge is 2.18. The molecule has 0 amide bonds. The molecule has 4 aromatic rings. The largest absolute Gasteiger partial charge is 0.497 e. The van der Waals surface area contributed by atoms with Crippen LogP contribution in [0, 0.1) is 0 Å². The lowest BCUT2D eigenvalue weighted by Crippen LogP contribution is -2.22. The third-order valence-electron chi connectivity index (χ3n) is 4.48. The lowest BCUT2D eigenvalue weighted by atomic mass is 10.2. The molecule has 144 valence electrons. The van der Waals surface area contributed by atoms with Gasteiger partial charge in [0.1, 0.15) is 5.75 Å². The molecule has 0 radical (unpaired) electrons. The van der Waals surface area contributed by atoms with E-state index in [9.17, 15) is 4.79 Å². The van der Waals surface area contributed by atoms with Crippen LogP contribution < -0.4 is 10.3 Å². The lowest BCUT2D eigenvalue weighted by Gasteiger charge is -2.12.